The minimum Gasteiger partial charge on any atom is -0.391 e. The van der Waals surface area contributed by atoms with E-state index in [0.29, 0.717) is 12.6 Å². The number of hydrogen-bond acceptors (Lipinski definition) is 3. The van der Waals surface area contributed by atoms with Crippen molar-refractivity contribution < 1.29 is 9.90 Å². The quantitative estimate of drug-likeness (QED) is 0.694. The standard InChI is InChI=1S/C15H31N3O2/c1-5-11(2)14(19)10-16-15(20)17-12-7-6-8-13(9-12)18(3)4/h11-14,19H,5-10H2,1-4H3,(H2,16,17,20). The van der Waals surface area contributed by atoms with Crippen molar-refractivity contribution in [2.75, 3.05) is 20.6 Å². The normalized spacial score (nSPS) is 26.1. The summed E-state index contributed by atoms with van der Waals surface area (Å²) in [5.74, 6) is 0.211. The molecular weight excluding hydrogens is 254 g/mol. The van der Waals surface area contributed by atoms with Crippen molar-refractivity contribution >= 4 is 6.03 Å². The molecule has 1 aliphatic carbocycles. The van der Waals surface area contributed by atoms with Gasteiger partial charge in [0.05, 0.1) is 6.10 Å². The summed E-state index contributed by atoms with van der Waals surface area (Å²) >= 11 is 0. The van der Waals surface area contributed by atoms with Crippen molar-refractivity contribution in [1.82, 2.24) is 15.5 Å². The second-order valence-corrected chi connectivity index (χ2v) is 6.29. The fourth-order valence-corrected chi connectivity index (χ4v) is 2.67. The first-order valence-electron chi connectivity index (χ1n) is 7.82. The number of carbonyl (C=O) groups is 1. The van der Waals surface area contributed by atoms with E-state index >= 15 is 0 Å². The van der Waals surface area contributed by atoms with E-state index in [9.17, 15) is 9.90 Å². The molecule has 4 atom stereocenters. The third-order valence-corrected chi connectivity index (χ3v) is 4.48. The van der Waals surface area contributed by atoms with E-state index in [1.54, 1.807) is 0 Å². The number of urea groups is 1. The largest absolute Gasteiger partial charge is 0.391 e. The van der Waals surface area contributed by atoms with E-state index in [1.165, 1.54) is 6.42 Å². The number of aliphatic hydroxyl groups excluding tert-OH is 1. The first-order valence-corrected chi connectivity index (χ1v) is 7.82. The predicted molar refractivity (Wildman–Crippen MR) is 81.7 cm³/mol. The van der Waals surface area contributed by atoms with Crippen molar-refractivity contribution in [2.45, 2.75) is 64.1 Å². The highest BCUT2D eigenvalue weighted by Crippen LogP contribution is 2.21. The van der Waals surface area contributed by atoms with Gasteiger partial charge >= 0.3 is 6.03 Å². The van der Waals surface area contributed by atoms with Gasteiger partial charge in [0.2, 0.25) is 0 Å². The zero-order valence-corrected chi connectivity index (χ0v) is 13.4. The molecule has 0 saturated heterocycles. The molecule has 0 radical (unpaired) electrons. The van der Waals surface area contributed by atoms with Crippen molar-refractivity contribution in [3.05, 3.63) is 0 Å². The lowest BCUT2D eigenvalue weighted by Crippen LogP contribution is -2.48. The van der Waals surface area contributed by atoms with Gasteiger partial charge in [-0.1, -0.05) is 20.3 Å². The molecule has 0 aromatic heterocycles. The van der Waals surface area contributed by atoms with Crippen LogP contribution >= 0.6 is 0 Å². The van der Waals surface area contributed by atoms with E-state index in [2.05, 4.69) is 29.6 Å². The van der Waals surface area contributed by atoms with Crippen molar-refractivity contribution in [2.24, 2.45) is 5.92 Å². The first-order chi connectivity index (χ1) is 9.43. The maximum Gasteiger partial charge on any atom is 0.315 e. The van der Waals surface area contributed by atoms with Crippen molar-refractivity contribution in [3.63, 3.8) is 0 Å². The monoisotopic (exact) mass is 285 g/mol. The van der Waals surface area contributed by atoms with Gasteiger partial charge < -0.3 is 20.6 Å². The fourth-order valence-electron chi connectivity index (χ4n) is 2.67. The van der Waals surface area contributed by atoms with Crippen LogP contribution in [-0.2, 0) is 0 Å². The van der Waals surface area contributed by atoms with Gasteiger partial charge in [0.15, 0.2) is 0 Å². The summed E-state index contributed by atoms with van der Waals surface area (Å²) in [6.45, 7) is 4.36. The van der Waals surface area contributed by atoms with Gasteiger partial charge in [0.25, 0.3) is 0 Å². The molecule has 20 heavy (non-hydrogen) atoms. The second kappa shape index (κ2) is 8.47. The van der Waals surface area contributed by atoms with Crippen LogP contribution < -0.4 is 10.6 Å². The number of aliphatic hydroxyl groups is 1. The Bertz CT molecular complexity index is 297. The van der Waals surface area contributed by atoms with Gasteiger partial charge in [-0.15, -0.1) is 0 Å². The van der Waals surface area contributed by atoms with Crippen LogP contribution in [0.15, 0.2) is 0 Å². The zero-order chi connectivity index (χ0) is 15.1. The Labute approximate surface area is 123 Å². The Hall–Kier alpha value is -0.810. The lowest BCUT2D eigenvalue weighted by molar-refractivity contribution is 0.114. The van der Waals surface area contributed by atoms with Crippen molar-refractivity contribution in [1.29, 1.82) is 0 Å². The van der Waals surface area contributed by atoms with E-state index in [4.69, 9.17) is 0 Å². The van der Waals surface area contributed by atoms with Gasteiger partial charge in [-0.3, -0.25) is 0 Å². The number of nitrogens with zero attached hydrogens (tertiary/aromatic N) is 1. The SMILES string of the molecule is CCC(C)C(O)CNC(=O)NC1CCCC(N(C)C)C1. The average Bonchev–Trinajstić information content (AvgIpc) is 2.44. The van der Waals surface area contributed by atoms with Gasteiger partial charge in [-0.05, 0) is 45.7 Å². The second-order valence-electron chi connectivity index (χ2n) is 6.29. The summed E-state index contributed by atoms with van der Waals surface area (Å²) in [6, 6.07) is 0.647. The van der Waals surface area contributed by atoms with Crippen LogP contribution in [0.4, 0.5) is 4.79 Å². The molecule has 0 spiro atoms. The lowest BCUT2D eigenvalue weighted by atomic mass is 9.90. The van der Waals surface area contributed by atoms with E-state index < -0.39 is 6.10 Å². The van der Waals surface area contributed by atoms with E-state index in [1.807, 2.05) is 13.8 Å². The predicted octanol–water partition coefficient (Wildman–Crippen LogP) is 1.57. The Morgan fingerprint density at radius 1 is 1.40 bits per heavy atom. The fraction of sp³-hybridized carbons (Fsp3) is 0.933. The van der Waals surface area contributed by atoms with Gasteiger partial charge in [-0.25, -0.2) is 4.79 Å². The smallest absolute Gasteiger partial charge is 0.315 e. The first kappa shape index (κ1) is 17.2. The molecule has 0 bridgehead atoms. The number of amides is 2. The van der Waals surface area contributed by atoms with Crippen LogP contribution in [0.25, 0.3) is 0 Å². The van der Waals surface area contributed by atoms with Crippen LogP contribution in [-0.4, -0.2) is 54.9 Å². The minimum atomic E-state index is -0.466. The molecule has 5 nitrogen and oxygen atoms in total. The molecule has 1 fully saturated rings. The molecule has 3 N–H and O–H groups in total. The molecule has 4 unspecified atom stereocenters. The van der Waals surface area contributed by atoms with E-state index in [0.717, 1.165) is 25.7 Å². The average molecular weight is 285 g/mol. The van der Waals surface area contributed by atoms with Crippen molar-refractivity contribution in [3.8, 4) is 0 Å². The highest BCUT2D eigenvalue weighted by atomic mass is 16.3. The Balaban J connectivity index is 2.28. The van der Waals surface area contributed by atoms with E-state index in [-0.39, 0.29) is 18.0 Å². The van der Waals surface area contributed by atoms with Crippen LogP contribution in [0.3, 0.4) is 0 Å². The Morgan fingerprint density at radius 2 is 2.10 bits per heavy atom. The molecule has 2 amide bonds. The number of hydrogen-bond donors (Lipinski definition) is 3. The van der Waals surface area contributed by atoms with Crippen LogP contribution in [0.5, 0.6) is 0 Å². The molecule has 0 aromatic rings. The summed E-state index contributed by atoms with van der Waals surface area (Å²) in [6.07, 6.45) is 4.87. The number of rotatable bonds is 6. The topological polar surface area (TPSA) is 64.6 Å². The molecule has 1 aliphatic rings. The maximum atomic E-state index is 11.9. The molecule has 1 rings (SSSR count). The van der Waals surface area contributed by atoms with Crippen LogP contribution in [0, 0.1) is 5.92 Å². The zero-order valence-electron chi connectivity index (χ0n) is 13.4. The summed E-state index contributed by atoms with van der Waals surface area (Å²) < 4.78 is 0. The Morgan fingerprint density at radius 3 is 2.70 bits per heavy atom. The minimum absolute atomic E-state index is 0.156. The Kier molecular flexibility index (Phi) is 7.30. The summed E-state index contributed by atoms with van der Waals surface area (Å²) in [5.41, 5.74) is 0. The summed E-state index contributed by atoms with van der Waals surface area (Å²) in [4.78, 5) is 14.1. The van der Waals surface area contributed by atoms with Gasteiger partial charge in [0, 0.05) is 18.6 Å². The van der Waals surface area contributed by atoms with Crippen LogP contribution in [0.2, 0.25) is 0 Å². The lowest BCUT2D eigenvalue weighted by Gasteiger charge is -2.33. The van der Waals surface area contributed by atoms with Gasteiger partial charge in [-0.2, -0.15) is 0 Å². The molecule has 118 valence electrons. The molecule has 0 aromatic carbocycles. The molecule has 0 aliphatic heterocycles. The van der Waals surface area contributed by atoms with Crippen LogP contribution in [0.1, 0.15) is 46.0 Å². The summed E-state index contributed by atoms with van der Waals surface area (Å²) in [7, 11) is 4.19. The summed E-state index contributed by atoms with van der Waals surface area (Å²) in [5, 5.41) is 15.6. The third-order valence-electron chi connectivity index (χ3n) is 4.48. The molecule has 0 heterocycles. The third kappa shape index (κ3) is 5.67. The molecule has 1 saturated carbocycles. The highest BCUT2D eigenvalue weighted by Gasteiger charge is 2.24. The molecule has 5 heteroatoms. The van der Waals surface area contributed by atoms with Gasteiger partial charge in [0.1, 0.15) is 0 Å². The molecular formula is C15H31N3O2. The highest BCUT2D eigenvalue weighted by molar-refractivity contribution is 5.74. The maximum absolute atomic E-state index is 11.9. The number of nitrogens with one attached hydrogen (secondary N) is 2. The number of carbonyl (C=O) groups excluding carboxylic acids is 1.